The number of para-hydroxylation sites is 2. The van der Waals surface area contributed by atoms with E-state index in [-0.39, 0.29) is 0 Å². The van der Waals surface area contributed by atoms with Gasteiger partial charge in [-0.05, 0) is 18.6 Å². The van der Waals surface area contributed by atoms with Gasteiger partial charge in [0.2, 0.25) is 4.99 Å². The van der Waals surface area contributed by atoms with Crippen LogP contribution in [0.25, 0.3) is 0 Å². The number of hydrogen-bond donors (Lipinski definition) is 3. The summed E-state index contributed by atoms with van der Waals surface area (Å²) >= 11 is 0. The van der Waals surface area contributed by atoms with Gasteiger partial charge in [-0.25, -0.2) is 0 Å². The first-order valence-corrected chi connectivity index (χ1v) is 9.05. The van der Waals surface area contributed by atoms with E-state index in [0.29, 0.717) is 17.8 Å². The van der Waals surface area contributed by atoms with Crippen LogP contribution in [0.5, 0.6) is 0 Å². The summed E-state index contributed by atoms with van der Waals surface area (Å²) in [6, 6.07) is 7.27. The molecule has 1 aliphatic rings. The fraction of sp³-hybridized carbons (Fsp3) is 0.600. The molecule has 0 amide bonds. The normalized spacial score (nSPS) is 16.1. The van der Waals surface area contributed by atoms with Crippen LogP contribution in [-0.2, 0) is 10.1 Å². The lowest BCUT2D eigenvalue weighted by atomic mass is 10.1. The van der Waals surface area contributed by atoms with Crippen LogP contribution >= 0.6 is 0 Å². The van der Waals surface area contributed by atoms with Crippen LogP contribution < -0.4 is 10.6 Å². The summed E-state index contributed by atoms with van der Waals surface area (Å²) < 4.78 is 33.3. The van der Waals surface area contributed by atoms with Crippen molar-refractivity contribution in [3.8, 4) is 0 Å². The van der Waals surface area contributed by atoms with Gasteiger partial charge in [-0.2, -0.15) is 8.42 Å². The molecular formula is C15H24N2O3S. The molecular weight excluding hydrogens is 288 g/mol. The molecule has 1 aliphatic heterocycles. The van der Waals surface area contributed by atoms with Crippen LogP contribution in [0.1, 0.15) is 51.9 Å². The van der Waals surface area contributed by atoms with Crippen molar-refractivity contribution in [2.45, 2.75) is 56.9 Å². The van der Waals surface area contributed by atoms with E-state index < -0.39 is 15.1 Å². The molecule has 0 fully saturated rings. The Bertz CT molecular complexity index is 547. The van der Waals surface area contributed by atoms with Crippen LogP contribution in [0.4, 0.5) is 11.4 Å². The van der Waals surface area contributed by atoms with Crippen LogP contribution in [0.2, 0.25) is 0 Å². The third-order valence-corrected chi connectivity index (χ3v) is 5.21. The van der Waals surface area contributed by atoms with Crippen LogP contribution in [0.15, 0.2) is 24.3 Å². The molecule has 0 radical (unpaired) electrons. The molecule has 118 valence electrons. The zero-order chi connectivity index (χ0) is 15.3. The fourth-order valence-corrected chi connectivity index (χ4v) is 3.58. The summed E-state index contributed by atoms with van der Waals surface area (Å²) in [7, 11) is -4.25. The minimum Gasteiger partial charge on any atom is -0.347 e. The predicted octanol–water partition coefficient (Wildman–Crippen LogP) is 3.82. The average molecular weight is 312 g/mol. The molecule has 1 heterocycles. The van der Waals surface area contributed by atoms with Crippen molar-refractivity contribution in [3.63, 3.8) is 0 Å². The molecule has 2 rings (SSSR count). The Morgan fingerprint density at radius 1 is 1.00 bits per heavy atom. The molecule has 0 bridgehead atoms. The van der Waals surface area contributed by atoms with Crippen LogP contribution in [0.3, 0.4) is 0 Å². The summed E-state index contributed by atoms with van der Waals surface area (Å²) in [5.41, 5.74) is 1.42. The SMILES string of the molecule is CCCCCCCCC1(S(=O)(=O)O)Nc2ccccc2N1. The second kappa shape index (κ2) is 6.66. The van der Waals surface area contributed by atoms with Gasteiger partial charge < -0.3 is 10.6 Å². The molecule has 3 N–H and O–H groups in total. The topological polar surface area (TPSA) is 78.4 Å². The minimum atomic E-state index is -4.25. The summed E-state index contributed by atoms with van der Waals surface area (Å²) in [5, 5.41) is 5.88. The maximum absolute atomic E-state index is 11.8. The maximum atomic E-state index is 11.8. The van der Waals surface area contributed by atoms with Crippen LogP contribution in [0, 0.1) is 0 Å². The molecule has 1 aromatic rings. The summed E-state index contributed by atoms with van der Waals surface area (Å²) in [5.74, 6) is 0. The minimum absolute atomic E-state index is 0.340. The van der Waals surface area contributed by atoms with E-state index in [1.54, 1.807) is 12.1 Å². The van der Waals surface area contributed by atoms with Crippen molar-refractivity contribution in [2.75, 3.05) is 10.6 Å². The van der Waals surface area contributed by atoms with E-state index in [1.807, 2.05) is 12.1 Å². The first kappa shape index (κ1) is 16.1. The van der Waals surface area contributed by atoms with Crippen molar-refractivity contribution in [3.05, 3.63) is 24.3 Å². The van der Waals surface area contributed by atoms with Gasteiger partial charge in [0.15, 0.2) is 0 Å². The molecule has 0 atom stereocenters. The Morgan fingerprint density at radius 2 is 1.52 bits per heavy atom. The van der Waals surface area contributed by atoms with Gasteiger partial charge in [0, 0.05) is 6.42 Å². The second-order valence-electron chi connectivity index (χ2n) is 5.62. The second-order valence-corrected chi connectivity index (χ2v) is 7.26. The van der Waals surface area contributed by atoms with E-state index in [4.69, 9.17) is 0 Å². The number of unbranched alkanes of at least 4 members (excludes halogenated alkanes) is 5. The quantitative estimate of drug-likeness (QED) is 0.502. The summed E-state index contributed by atoms with van der Waals surface area (Å²) in [6.45, 7) is 2.16. The van der Waals surface area contributed by atoms with E-state index in [1.165, 1.54) is 19.3 Å². The van der Waals surface area contributed by atoms with Gasteiger partial charge in [-0.1, -0.05) is 51.2 Å². The molecule has 1 aromatic carbocycles. The van der Waals surface area contributed by atoms with E-state index in [9.17, 15) is 13.0 Å². The molecule has 6 heteroatoms. The monoisotopic (exact) mass is 312 g/mol. The highest BCUT2D eigenvalue weighted by atomic mass is 32.2. The number of fused-ring (bicyclic) bond motifs is 1. The third-order valence-electron chi connectivity index (χ3n) is 3.92. The molecule has 21 heavy (non-hydrogen) atoms. The molecule has 5 nitrogen and oxygen atoms in total. The van der Waals surface area contributed by atoms with Crippen molar-refractivity contribution >= 4 is 21.5 Å². The van der Waals surface area contributed by atoms with Crippen molar-refractivity contribution < 1.29 is 13.0 Å². The molecule has 0 saturated carbocycles. The van der Waals surface area contributed by atoms with Gasteiger partial charge in [0.25, 0.3) is 0 Å². The number of anilines is 2. The van der Waals surface area contributed by atoms with Crippen molar-refractivity contribution in [1.82, 2.24) is 0 Å². The lowest BCUT2D eigenvalue weighted by Crippen LogP contribution is -2.49. The smallest absolute Gasteiger partial charge is 0.308 e. The van der Waals surface area contributed by atoms with E-state index >= 15 is 0 Å². The summed E-state index contributed by atoms with van der Waals surface area (Å²) in [4.78, 5) is -1.48. The lowest BCUT2D eigenvalue weighted by Gasteiger charge is -2.27. The number of hydrogen-bond acceptors (Lipinski definition) is 4. The Labute approximate surface area is 126 Å². The van der Waals surface area contributed by atoms with Gasteiger partial charge in [-0.3, -0.25) is 4.55 Å². The van der Waals surface area contributed by atoms with Gasteiger partial charge >= 0.3 is 10.1 Å². The van der Waals surface area contributed by atoms with E-state index in [2.05, 4.69) is 17.6 Å². The fourth-order valence-electron chi connectivity index (χ4n) is 2.70. The van der Waals surface area contributed by atoms with Gasteiger partial charge in [-0.15, -0.1) is 0 Å². The summed E-state index contributed by atoms with van der Waals surface area (Å²) in [6.07, 6.45) is 6.73. The number of benzene rings is 1. The standard InChI is InChI=1S/C15H24N2O3S/c1-2-3-4-5-6-9-12-15(21(18,19)20)16-13-10-7-8-11-14(13)17-15/h7-8,10-11,16-17H,2-6,9,12H2,1H3,(H,18,19,20). The van der Waals surface area contributed by atoms with Crippen molar-refractivity contribution in [2.24, 2.45) is 0 Å². The Kier molecular flexibility index (Phi) is 5.11. The molecule has 0 unspecified atom stereocenters. The van der Waals surface area contributed by atoms with Gasteiger partial charge in [0.05, 0.1) is 11.4 Å². The number of nitrogens with one attached hydrogen (secondary N) is 2. The lowest BCUT2D eigenvalue weighted by molar-refractivity contribution is 0.434. The Morgan fingerprint density at radius 3 is 2.05 bits per heavy atom. The average Bonchev–Trinajstić information content (AvgIpc) is 2.82. The molecule has 0 aliphatic carbocycles. The molecule has 0 saturated heterocycles. The van der Waals surface area contributed by atoms with Gasteiger partial charge in [0.1, 0.15) is 0 Å². The third kappa shape index (κ3) is 3.68. The Hall–Kier alpha value is -1.27. The van der Waals surface area contributed by atoms with Crippen LogP contribution in [-0.4, -0.2) is 18.0 Å². The Balaban J connectivity index is 1.98. The highest BCUT2D eigenvalue weighted by Crippen LogP contribution is 2.38. The number of rotatable bonds is 8. The zero-order valence-electron chi connectivity index (χ0n) is 12.4. The van der Waals surface area contributed by atoms with E-state index in [0.717, 1.165) is 19.3 Å². The molecule has 0 aromatic heterocycles. The van der Waals surface area contributed by atoms with Crippen molar-refractivity contribution in [1.29, 1.82) is 0 Å². The largest absolute Gasteiger partial charge is 0.347 e. The molecule has 0 spiro atoms. The first-order valence-electron chi connectivity index (χ1n) is 7.61. The first-order chi connectivity index (χ1) is 9.98. The highest BCUT2D eigenvalue weighted by molar-refractivity contribution is 7.87. The maximum Gasteiger partial charge on any atom is 0.308 e. The zero-order valence-corrected chi connectivity index (χ0v) is 13.2. The predicted molar refractivity (Wildman–Crippen MR) is 86.0 cm³/mol. The highest BCUT2D eigenvalue weighted by Gasteiger charge is 2.46.